The number of β-amino-alcohol motifs (C(OH)–C–C–N with tert-alkyl or cyclic N) is 2. The first-order chi connectivity index (χ1) is 8.02. The molecule has 17 heavy (non-hydrogen) atoms. The number of ether oxygens (including phenoxy) is 1. The van der Waals surface area contributed by atoms with E-state index in [-0.39, 0.29) is 23.1 Å². The highest BCUT2D eigenvalue weighted by molar-refractivity contribution is 7.18. The van der Waals surface area contributed by atoms with Crippen LogP contribution in [0.1, 0.15) is 9.67 Å². The lowest BCUT2D eigenvalue weighted by Gasteiger charge is -2.12. The molecule has 0 aliphatic carbocycles. The molecule has 1 aromatic heterocycles. The van der Waals surface area contributed by atoms with Gasteiger partial charge < -0.3 is 19.8 Å². The van der Waals surface area contributed by atoms with E-state index in [1.165, 1.54) is 7.11 Å². The van der Waals surface area contributed by atoms with E-state index >= 15 is 0 Å². The molecule has 2 heterocycles. The van der Waals surface area contributed by atoms with E-state index < -0.39 is 18.2 Å². The SMILES string of the molecule is COC(=O)c1sc(N2CC(O)C(O)C2)nc1Cl. The Kier molecular flexibility index (Phi) is 3.53. The molecule has 0 spiro atoms. The number of aromatic nitrogens is 1. The minimum Gasteiger partial charge on any atom is -0.465 e. The molecule has 1 fully saturated rings. The van der Waals surface area contributed by atoms with E-state index in [0.717, 1.165) is 11.3 Å². The minimum absolute atomic E-state index is 0.0766. The first kappa shape index (κ1) is 12.6. The number of aliphatic hydroxyl groups is 2. The second-order valence-electron chi connectivity index (χ2n) is 3.65. The molecule has 2 rings (SSSR count). The zero-order valence-electron chi connectivity index (χ0n) is 8.96. The summed E-state index contributed by atoms with van der Waals surface area (Å²) in [5.74, 6) is -0.543. The van der Waals surface area contributed by atoms with Crippen molar-refractivity contribution in [3.63, 3.8) is 0 Å². The lowest BCUT2D eigenvalue weighted by atomic mass is 10.3. The van der Waals surface area contributed by atoms with Gasteiger partial charge in [0.25, 0.3) is 0 Å². The number of aliphatic hydroxyl groups excluding tert-OH is 2. The fourth-order valence-electron chi connectivity index (χ4n) is 1.57. The van der Waals surface area contributed by atoms with Gasteiger partial charge in [-0.25, -0.2) is 9.78 Å². The normalized spacial score (nSPS) is 24.1. The molecular formula is C9H11ClN2O4S. The van der Waals surface area contributed by atoms with Crippen LogP contribution in [0.2, 0.25) is 5.15 Å². The van der Waals surface area contributed by atoms with Gasteiger partial charge in [-0.3, -0.25) is 0 Å². The number of carbonyl (C=O) groups is 1. The summed E-state index contributed by atoms with van der Waals surface area (Å²) in [6.45, 7) is 0.539. The minimum atomic E-state index is -0.806. The Labute approximate surface area is 106 Å². The predicted molar refractivity (Wildman–Crippen MR) is 62.7 cm³/mol. The highest BCUT2D eigenvalue weighted by Crippen LogP contribution is 2.32. The molecule has 0 aromatic carbocycles. The smallest absolute Gasteiger partial charge is 0.351 e. The average Bonchev–Trinajstić information content (AvgIpc) is 2.82. The van der Waals surface area contributed by atoms with Crippen molar-refractivity contribution in [3.8, 4) is 0 Å². The molecule has 8 heteroatoms. The maximum Gasteiger partial charge on any atom is 0.351 e. The van der Waals surface area contributed by atoms with Crippen LogP contribution < -0.4 is 4.90 Å². The first-order valence-electron chi connectivity index (χ1n) is 4.88. The number of methoxy groups -OCH3 is 1. The van der Waals surface area contributed by atoms with Crippen LogP contribution in [-0.4, -0.2) is 53.6 Å². The predicted octanol–water partition coefficient (Wildman–Crippen LogP) is 0.125. The highest BCUT2D eigenvalue weighted by Gasteiger charge is 2.32. The fraction of sp³-hybridized carbons (Fsp3) is 0.556. The standard InChI is InChI=1S/C9H11ClN2O4S/c1-16-8(15)6-7(10)11-9(17-6)12-2-4(13)5(14)3-12/h4-5,13-14H,2-3H2,1H3. The van der Waals surface area contributed by atoms with Crippen molar-refractivity contribution in [3.05, 3.63) is 10.0 Å². The number of anilines is 1. The van der Waals surface area contributed by atoms with Crippen LogP contribution in [0.25, 0.3) is 0 Å². The van der Waals surface area contributed by atoms with Gasteiger partial charge in [0.15, 0.2) is 15.2 Å². The van der Waals surface area contributed by atoms with Gasteiger partial charge in [-0.1, -0.05) is 22.9 Å². The van der Waals surface area contributed by atoms with Crippen LogP contribution in [0, 0.1) is 0 Å². The van der Waals surface area contributed by atoms with Crippen molar-refractivity contribution in [2.75, 3.05) is 25.1 Å². The summed E-state index contributed by atoms with van der Waals surface area (Å²) in [4.78, 5) is 17.3. The Morgan fingerprint density at radius 1 is 1.53 bits per heavy atom. The monoisotopic (exact) mass is 278 g/mol. The maximum absolute atomic E-state index is 11.3. The third kappa shape index (κ3) is 2.37. The van der Waals surface area contributed by atoms with E-state index in [2.05, 4.69) is 9.72 Å². The maximum atomic E-state index is 11.3. The molecule has 1 saturated heterocycles. The van der Waals surface area contributed by atoms with E-state index in [4.69, 9.17) is 11.6 Å². The third-order valence-corrected chi connectivity index (χ3v) is 3.96. The number of hydrogen-bond acceptors (Lipinski definition) is 7. The van der Waals surface area contributed by atoms with Crippen LogP contribution in [0.15, 0.2) is 0 Å². The fourth-order valence-corrected chi connectivity index (χ4v) is 2.79. The van der Waals surface area contributed by atoms with Crippen molar-refractivity contribution in [1.82, 2.24) is 4.98 Å². The van der Waals surface area contributed by atoms with Crippen LogP contribution in [0.3, 0.4) is 0 Å². The topological polar surface area (TPSA) is 82.9 Å². The highest BCUT2D eigenvalue weighted by atomic mass is 35.5. The average molecular weight is 279 g/mol. The zero-order chi connectivity index (χ0) is 12.6. The quantitative estimate of drug-likeness (QED) is 0.748. The number of halogens is 1. The summed E-state index contributed by atoms with van der Waals surface area (Å²) < 4.78 is 4.57. The first-order valence-corrected chi connectivity index (χ1v) is 6.08. The second kappa shape index (κ2) is 4.77. The molecule has 1 aromatic rings. The molecule has 0 radical (unpaired) electrons. The van der Waals surface area contributed by atoms with Crippen LogP contribution >= 0.6 is 22.9 Å². The Morgan fingerprint density at radius 3 is 2.65 bits per heavy atom. The van der Waals surface area contributed by atoms with E-state index in [1.54, 1.807) is 4.90 Å². The Morgan fingerprint density at radius 2 is 2.12 bits per heavy atom. The molecule has 1 aliphatic heterocycles. The molecule has 0 amide bonds. The van der Waals surface area contributed by atoms with Gasteiger partial charge in [0, 0.05) is 13.1 Å². The van der Waals surface area contributed by atoms with Gasteiger partial charge in [0.1, 0.15) is 0 Å². The molecule has 2 N–H and O–H groups in total. The van der Waals surface area contributed by atoms with Crippen molar-refractivity contribution in [2.45, 2.75) is 12.2 Å². The summed E-state index contributed by atoms with van der Waals surface area (Å²) in [6, 6.07) is 0. The Hall–Kier alpha value is -0.890. The number of nitrogens with zero attached hydrogens (tertiary/aromatic N) is 2. The summed E-state index contributed by atoms with van der Waals surface area (Å²) in [7, 11) is 1.27. The lowest BCUT2D eigenvalue weighted by Crippen LogP contribution is -2.22. The van der Waals surface area contributed by atoms with Crippen molar-refractivity contribution in [2.24, 2.45) is 0 Å². The van der Waals surface area contributed by atoms with E-state index in [0.29, 0.717) is 5.13 Å². The summed E-state index contributed by atoms with van der Waals surface area (Å²) in [5.41, 5.74) is 0. The summed E-state index contributed by atoms with van der Waals surface area (Å²) in [6.07, 6.45) is -1.61. The largest absolute Gasteiger partial charge is 0.465 e. The second-order valence-corrected chi connectivity index (χ2v) is 4.98. The number of carbonyl (C=O) groups excluding carboxylic acids is 1. The van der Waals surface area contributed by atoms with Gasteiger partial charge in [-0.05, 0) is 0 Å². The number of thiazole rings is 1. The molecule has 2 atom stereocenters. The molecule has 6 nitrogen and oxygen atoms in total. The third-order valence-electron chi connectivity index (χ3n) is 2.47. The molecule has 2 unspecified atom stereocenters. The molecule has 94 valence electrons. The molecule has 0 bridgehead atoms. The van der Waals surface area contributed by atoms with Gasteiger partial charge in [0.2, 0.25) is 0 Å². The van der Waals surface area contributed by atoms with Crippen LogP contribution in [0.5, 0.6) is 0 Å². The van der Waals surface area contributed by atoms with E-state index in [9.17, 15) is 15.0 Å². The van der Waals surface area contributed by atoms with Gasteiger partial charge >= 0.3 is 5.97 Å². The van der Waals surface area contributed by atoms with Gasteiger partial charge in [-0.15, -0.1) is 0 Å². The van der Waals surface area contributed by atoms with Gasteiger partial charge in [-0.2, -0.15) is 0 Å². The molecular weight excluding hydrogens is 268 g/mol. The molecule has 0 saturated carbocycles. The number of hydrogen-bond donors (Lipinski definition) is 2. The summed E-state index contributed by atoms with van der Waals surface area (Å²) >= 11 is 6.90. The van der Waals surface area contributed by atoms with Crippen LogP contribution in [0.4, 0.5) is 5.13 Å². The van der Waals surface area contributed by atoms with Gasteiger partial charge in [0.05, 0.1) is 19.3 Å². The van der Waals surface area contributed by atoms with Crippen LogP contribution in [-0.2, 0) is 4.74 Å². The zero-order valence-corrected chi connectivity index (χ0v) is 10.5. The number of rotatable bonds is 2. The lowest BCUT2D eigenvalue weighted by molar-refractivity contribution is 0.0572. The van der Waals surface area contributed by atoms with Crippen molar-refractivity contribution >= 4 is 34.0 Å². The number of esters is 1. The van der Waals surface area contributed by atoms with Crippen molar-refractivity contribution in [1.29, 1.82) is 0 Å². The van der Waals surface area contributed by atoms with E-state index in [1.807, 2.05) is 0 Å². The summed E-state index contributed by atoms with van der Waals surface area (Å²) in [5, 5.41) is 19.4. The Bertz CT molecular complexity index is 429. The molecule has 1 aliphatic rings. The Balaban J connectivity index is 2.21. The van der Waals surface area contributed by atoms with Crippen molar-refractivity contribution < 1.29 is 19.7 Å².